The van der Waals surface area contributed by atoms with Crippen molar-refractivity contribution >= 4 is 15.7 Å². The van der Waals surface area contributed by atoms with Gasteiger partial charge in [0, 0.05) is 17.8 Å². The Morgan fingerprint density at radius 3 is 2.15 bits per heavy atom. The minimum atomic E-state index is -3.52. The van der Waals surface area contributed by atoms with Gasteiger partial charge in [0.15, 0.2) is 0 Å². The lowest BCUT2D eigenvalue weighted by molar-refractivity contribution is 0.378. The van der Waals surface area contributed by atoms with E-state index in [9.17, 15) is 8.42 Å². The summed E-state index contributed by atoms with van der Waals surface area (Å²) in [4.78, 5) is 0.317. The van der Waals surface area contributed by atoms with Crippen LogP contribution in [0.2, 0.25) is 0 Å². The van der Waals surface area contributed by atoms with E-state index >= 15 is 0 Å². The second-order valence-electron chi connectivity index (χ2n) is 6.80. The Labute approximate surface area is 155 Å². The molecule has 0 aliphatic heterocycles. The number of sulfonamides is 1. The Bertz CT molecular complexity index is 817. The van der Waals surface area contributed by atoms with Gasteiger partial charge >= 0.3 is 0 Å². The summed E-state index contributed by atoms with van der Waals surface area (Å²) in [6.07, 6.45) is 3.89. The number of nitrogens with one attached hydrogen (secondary N) is 2. The van der Waals surface area contributed by atoms with E-state index < -0.39 is 10.0 Å². The number of hydrogen-bond donors (Lipinski definition) is 2. The first-order valence-corrected chi connectivity index (χ1v) is 10.5. The van der Waals surface area contributed by atoms with Crippen molar-refractivity contribution < 1.29 is 13.2 Å². The molecule has 0 amide bonds. The average Bonchev–Trinajstić information content (AvgIpc) is 2.64. The number of aryl methyl sites for hydroxylation is 1. The predicted molar refractivity (Wildman–Crippen MR) is 104 cm³/mol. The second kappa shape index (κ2) is 8.10. The van der Waals surface area contributed by atoms with Crippen LogP contribution in [0.4, 0.5) is 5.69 Å². The van der Waals surface area contributed by atoms with Crippen LogP contribution in [0.3, 0.4) is 0 Å². The van der Waals surface area contributed by atoms with Gasteiger partial charge in [-0.2, -0.15) is 0 Å². The summed E-state index contributed by atoms with van der Waals surface area (Å²) in [5.41, 5.74) is 2.01. The third-order valence-electron chi connectivity index (χ3n) is 4.85. The van der Waals surface area contributed by atoms with Gasteiger partial charge in [-0.25, -0.2) is 13.1 Å². The van der Waals surface area contributed by atoms with Crippen molar-refractivity contribution in [1.82, 2.24) is 4.72 Å². The smallest absolute Gasteiger partial charge is 0.240 e. The average molecular weight is 375 g/mol. The number of rotatable bonds is 6. The molecule has 2 aromatic rings. The zero-order valence-corrected chi connectivity index (χ0v) is 16.1. The highest BCUT2D eigenvalue weighted by Crippen LogP contribution is 2.25. The van der Waals surface area contributed by atoms with Crippen molar-refractivity contribution in [3.05, 3.63) is 54.1 Å². The quantitative estimate of drug-likeness (QED) is 0.809. The minimum Gasteiger partial charge on any atom is -0.497 e. The van der Waals surface area contributed by atoms with Crippen LogP contribution in [0, 0.1) is 6.92 Å². The first-order chi connectivity index (χ1) is 12.5. The molecule has 0 unspecified atom stereocenters. The summed E-state index contributed by atoms with van der Waals surface area (Å²) in [5, 5.41) is 3.48. The van der Waals surface area contributed by atoms with Crippen LogP contribution in [0.5, 0.6) is 5.75 Å². The molecule has 0 spiro atoms. The maximum absolute atomic E-state index is 12.7. The van der Waals surface area contributed by atoms with Crippen LogP contribution in [0.25, 0.3) is 0 Å². The normalized spacial score (nSPS) is 20.5. The Kier molecular flexibility index (Phi) is 5.84. The van der Waals surface area contributed by atoms with E-state index in [0.29, 0.717) is 4.90 Å². The van der Waals surface area contributed by atoms with Crippen molar-refractivity contribution in [2.75, 3.05) is 12.4 Å². The molecule has 1 aliphatic rings. The molecule has 2 atom stereocenters. The molecule has 1 aliphatic carbocycles. The number of anilines is 1. The van der Waals surface area contributed by atoms with Crippen LogP contribution in [-0.2, 0) is 10.0 Å². The molecule has 26 heavy (non-hydrogen) atoms. The highest BCUT2D eigenvalue weighted by atomic mass is 32.2. The van der Waals surface area contributed by atoms with Crippen LogP contribution in [-0.4, -0.2) is 27.6 Å². The van der Waals surface area contributed by atoms with Gasteiger partial charge in [0.05, 0.1) is 12.0 Å². The van der Waals surface area contributed by atoms with Crippen molar-refractivity contribution in [2.45, 2.75) is 49.6 Å². The third-order valence-corrected chi connectivity index (χ3v) is 6.35. The molecule has 0 bridgehead atoms. The molecule has 6 heteroatoms. The van der Waals surface area contributed by atoms with Gasteiger partial charge < -0.3 is 10.1 Å². The first-order valence-electron chi connectivity index (χ1n) is 8.97. The van der Waals surface area contributed by atoms with Crippen LogP contribution < -0.4 is 14.8 Å². The minimum absolute atomic E-state index is 0.0670. The molecule has 1 saturated carbocycles. The van der Waals surface area contributed by atoms with Gasteiger partial charge in [-0.3, -0.25) is 0 Å². The first kappa shape index (κ1) is 18.7. The van der Waals surface area contributed by atoms with Crippen LogP contribution in [0.15, 0.2) is 53.4 Å². The Balaban J connectivity index is 1.72. The van der Waals surface area contributed by atoms with E-state index in [1.165, 1.54) is 0 Å². The summed E-state index contributed by atoms with van der Waals surface area (Å²) >= 11 is 0. The number of benzene rings is 2. The number of hydrogen-bond acceptors (Lipinski definition) is 4. The molecule has 1 fully saturated rings. The molecule has 0 saturated heterocycles. The van der Waals surface area contributed by atoms with E-state index in [0.717, 1.165) is 42.7 Å². The summed E-state index contributed by atoms with van der Waals surface area (Å²) in [6, 6.07) is 14.6. The lowest BCUT2D eigenvalue weighted by Gasteiger charge is -2.33. The molecular formula is C20H26N2O3S. The fourth-order valence-corrected chi connectivity index (χ4v) is 4.64. The topological polar surface area (TPSA) is 67.4 Å². The summed E-state index contributed by atoms with van der Waals surface area (Å²) in [7, 11) is -1.88. The lowest BCUT2D eigenvalue weighted by Crippen LogP contribution is -2.48. The molecule has 140 valence electrons. The standard InChI is InChI=1S/C20H26N2O3S/c1-15-7-13-18(14-8-15)26(23,24)22-20-6-4-3-5-19(20)21-16-9-11-17(25-2)12-10-16/h7-14,19-22H,3-6H2,1-2H3/t19-,20-/m0/s1. The Morgan fingerprint density at radius 2 is 1.54 bits per heavy atom. The van der Waals surface area contributed by atoms with Crippen molar-refractivity contribution in [3.8, 4) is 5.75 Å². The highest BCUT2D eigenvalue weighted by molar-refractivity contribution is 7.89. The monoisotopic (exact) mass is 374 g/mol. The molecule has 2 N–H and O–H groups in total. The van der Waals surface area contributed by atoms with Crippen LogP contribution in [0.1, 0.15) is 31.2 Å². The van der Waals surface area contributed by atoms with E-state index in [1.807, 2.05) is 43.3 Å². The largest absolute Gasteiger partial charge is 0.497 e. The maximum atomic E-state index is 12.7. The molecule has 0 aromatic heterocycles. The third kappa shape index (κ3) is 4.56. The van der Waals surface area contributed by atoms with Crippen molar-refractivity contribution in [3.63, 3.8) is 0 Å². The molecular weight excluding hydrogens is 348 g/mol. The zero-order valence-electron chi connectivity index (χ0n) is 15.2. The van der Waals surface area contributed by atoms with Gasteiger partial charge in [-0.15, -0.1) is 0 Å². The van der Waals surface area contributed by atoms with Gasteiger partial charge in [-0.05, 0) is 56.2 Å². The highest BCUT2D eigenvalue weighted by Gasteiger charge is 2.29. The van der Waals surface area contributed by atoms with Gasteiger partial charge in [0.2, 0.25) is 10.0 Å². The van der Waals surface area contributed by atoms with E-state index in [-0.39, 0.29) is 12.1 Å². The van der Waals surface area contributed by atoms with E-state index in [2.05, 4.69) is 10.0 Å². The zero-order chi connectivity index (χ0) is 18.6. The van der Waals surface area contributed by atoms with Gasteiger partial charge in [-0.1, -0.05) is 30.5 Å². The van der Waals surface area contributed by atoms with Gasteiger partial charge in [0.25, 0.3) is 0 Å². The van der Waals surface area contributed by atoms with E-state index in [4.69, 9.17) is 4.74 Å². The van der Waals surface area contributed by atoms with Crippen molar-refractivity contribution in [1.29, 1.82) is 0 Å². The molecule has 3 rings (SSSR count). The number of ether oxygens (including phenoxy) is 1. The fourth-order valence-electron chi connectivity index (χ4n) is 3.33. The Hall–Kier alpha value is -2.05. The fraction of sp³-hybridized carbons (Fsp3) is 0.400. The second-order valence-corrected chi connectivity index (χ2v) is 8.52. The predicted octanol–water partition coefficient (Wildman–Crippen LogP) is 3.71. The molecule has 2 aromatic carbocycles. The molecule has 5 nitrogen and oxygen atoms in total. The van der Waals surface area contributed by atoms with E-state index in [1.54, 1.807) is 19.2 Å². The SMILES string of the molecule is COc1ccc(N[C@H]2CCCC[C@@H]2NS(=O)(=O)c2ccc(C)cc2)cc1. The molecule has 0 radical (unpaired) electrons. The van der Waals surface area contributed by atoms with Crippen molar-refractivity contribution in [2.24, 2.45) is 0 Å². The maximum Gasteiger partial charge on any atom is 0.240 e. The Morgan fingerprint density at radius 1 is 0.923 bits per heavy atom. The summed E-state index contributed by atoms with van der Waals surface area (Å²) in [5.74, 6) is 0.802. The summed E-state index contributed by atoms with van der Waals surface area (Å²) in [6.45, 7) is 1.94. The van der Waals surface area contributed by atoms with Crippen LogP contribution >= 0.6 is 0 Å². The van der Waals surface area contributed by atoms with Gasteiger partial charge in [0.1, 0.15) is 5.75 Å². The number of methoxy groups -OCH3 is 1. The lowest BCUT2D eigenvalue weighted by atomic mass is 9.91. The summed E-state index contributed by atoms with van der Waals surface area (Å²) < 4.78 is 33.6. The molecule has 0 heterocycles.